The van der Waals surface area contributed by atoms with E-state index in [9.17, 15) is 0 Å². The van der Waals surface area contributed by atoms with Crippen molar-refractivity contribution in [2.24, 2.45) is 0 Å². The molecule has 1 unspecified atom stereocenters. The quantitative estimate of drug-likeness (QED) is 0.873. The molecule has 0 amide bonds. The Hall–Kier alpha value is -1.58. The third-order valence-corrected chi connectivity index (χ3v) is 3.47. The normalized spacial score (nSPS) is 12.2. The first-order valence-electron chi connectivity index (χ1n) is 6.76. The molecule has 0 saturated carbocycles. The van der Waals surface area contributed by atoms with Crippen LogP contribution in [0.5, 0.6) is 5.88 Å². The molecule has 1 atom stereocenters. The summed E-state index contributed by atoms with van der Waals surface area (Å²) in [6, 6.07) is 11.9. The fraction of sp³-hybridized carbons (Fsp3) is 0.312. The minimum atomic E-state index is 0.283. The Labute approximate surface area is 124 Å². The number of hydrogen-bond donors (Lipinski definition) is 1. The van der Waals surface area contributed by atoms with Gasteiger partial charge in [-0.05, 0) is 31.2 Å². The van der Waals surface area contributed by atoms with Crippen LogP contribution in [0.1, 0.15) is 31.0 Å². The van der Waals surface area contributed by atoms with E-state index in [2.05, 4.69) is 24.1 Å². The molecule has 2 aromatic rings. The van der Waals surface area contributed by atoms with Crippen LogP contribution in [0, 0.1) is 0 Å². The molecule has 0 radical (unpaired) electrons. The highest BCUT2D eigenvalue weighted by Gasteiger charge is 2.06. The summed E-state index contributed by atoms with van der Waals surface area (Å²) in [4.78, 5) is 4.23. The summed E-state index contributed by atoms with van der Waals surface area (Å²) in [6.45, 7) is 5.56. The maximum atomic E-state index is 6.10. The van der Waals surface area contributed by atoms with Crippen LogP contribution < -0.4 is 10.1 Å². The van der Waals surface area contributed by atoms with Crippen LogP contribution in [0.2, 0.25) is 5.02 Å². The first kappa shape index (κ1) is 14.8. The number of hydrogen-bond acceptors (Lipinski definition) is 3. The molecule has 1 N–H and O–H groups in total. The van der Waals surface area contributed by atoms with Crippen molar-refractivity contribution in [1.82, 2.24) is 10.3 Å². The van der Waals surface area contributed by atoms with E-state index in [0.717, 1.165) is 17.7 Å². The molecule has 0 aliphatic rings. The highest BCUT2D eigenvalue weighted by atomic mass is 35.5. The number of ether oxygens (including phenoxy) is 1. The zero-order valence-corrected chi connectivity index (χ0v) is 12.5. The summed E-state index contributed by atoms with van der Waals surface area (Å²) in [5.74, 6) is 0.618. The second kappa shape index (κ2) is 7.27. The Morgan fingerprint density at radius 1 is 1.30 bits per heavy atom. The summed E-state index contributed by atoms with van der Waals surface area (Å²) in [5, 5.41) is 4.08. The van der Waals surface area contributed by atoms with Crippen LogP contribution in [-0.2, 0) is 6.61 Å². The Kier molecular flexibility index (Phi) is 5.39. The smallest absolute Gasteiger partial charge is 0.213 e. The number of rotatable bonds is 6. The highest BCUT2D eigenvalue weighted by molar-refractivity contribution is 6.31. The van der Waals surface area contributed by atoms with E-state index in [4.69, 9.17) is 16.3 Å². The lowest BCUT2D eigenvalue weighted by molar-refractivity contribution is 0.293. The van der Waals surface area contributed by atoms with Crippen LogP contribution in [0.15, 0.2) is 42.6 Å². The van der Waals surface area contributed by atoms with Crippen molar-refractivity contribution in [2.75, 3.05) is 6.54 Å². The topological polar surface area (TPSA) is 34.2 Å². The minimum absolute atomic E-state index is 0.283. The van der Waals surface area contributed by atoms with Gasteiger partial charge < -0.3 is 10.1 Å². The Bertz CT molecular complexity index is 560. The number of nitrogens with zero attached hydrogens (tertiary/aromatic N) is 1. The number of nitrogens with one attached hydrogen (secondary N) is 1. The van der Waals surface area contributed by atoms with Gasteiger partial charge in [-0.2, -0.15) is 0 Å². The lowest BCUT2D eigenvalue weighted by atomic mass is 10.1. The first-order chi connectivity index (χ1) is 9.70. The molecular weight excluding hydrogens is 272 g/mol. The molecule has 0 fully saturated rings. The summed E-state index contributed by atoms with van der Waals surface area (Å²) in [7, 11) is 0. The second-order valence-electron chi connectivity index (χ2n) is 4.59. The maximum absolute atomic E-state index is 6.10. The van der Waals surface area contributed by atoms with Crippen molar-refractivity contribution in [3.8, 4) is 5.88 Å². The van der Waals surface area contributed by atoms with Gasteiger partial charge in [-0.15, -0.1) is 0 Å². The van der Waals surface area contributed by atoms with Crippen molar-refractivity contribution in [3.63, 3.8) is 0 Å². The summed E-state index contributed by atoms with van der Waals surface area (Å²) in [6.07, 6.45) is 1.77. The maximum Gasteiger partial charge on any atom is 0.213 e. The van der Waals surface area contributed by atoms with Crippen LogP contribution in [0.3, 0.4) is 0 Å². The van der Waals surface area contributed by atoms with Crippen molar-refractivity contribution in [2.45, 2.75) is 26.5 Å². The predicted octanol–water partition coefficient (Wildman–Crippen LogP) is 3.98. The number of pyridine rings is 1. The highest BCUT2D eigenvalue weighted by Crippen LogP contribution is 2.20. The van der Waals surface area contributed by atoms with Crippen LogP contribution in [0.25, 0.3) is 0 Å². The lowest BCUT2D eigenvalue weighted by Gasteiger charge is -2.14. The van der Waals surface area contributed by atoms with E-state index < -0.39 is 0 Å². The Morgan fingerprint density at radius 2 is 2.10 bits per heavy atom. The average Bonchev–Trinajstić information content (AvgIpc) is 2.47. The molecule has 106 valence electrons. The monoisotopic (exact) mass is 290 g/mol. The van der Waals surface area contributed by atoms with Gasteiger partial charge in [0.25, 0.3) is 0 Å². The van der Waals surface area contributed by atoms with Crippen molar-refractivity contribution in [1.29, 1.82) is 0 Å². The number of aromatic nitrogens is 1. The standard InChI is InChI=1S/C16H19ClN2O/c1-3-18-12(2)13-8-9-19-16(10-13)20-11-14-6-4-5-7-15(14)17/h4-10,12,18H,3,11H2,1-2H3. The minimum Gasteiger partial charge on any atom is -0.473 e. The molecule has 0 saturated heterocycles. The largest absolute Gasteiger partial charge is 0.473 e. The van der Waals surface area contributed by atoms with Gasteiger partial charge in [-0.25, -0.2) is 4.98 Å². The van der Waals surface area contributed by atoms with E-state index in [1.807, 2.05) is 36.4 Å². The fourth-order valence-electron chi connectivity index (χ4n) is 1.96. The lowest BCUT2D eigenvalue weighted by Crippen LogP contribution is -2.17. The molecule has 1 aromatic heterocycles. The van der Waals surface area contributed by atoms with Gasteiger partial charge in [0.15, 0.2) is 0 Å². The third kappa shape index (κ3) is 3.95. The van der Waals surface area contributed by atoms with Crippen molar-refractivity contribution in [3.05, 3.63) is 58.7 Å². The molecule has 1 aromatic carbocycles. The molecule has 2 rings (SSSR count). The molecule has 4 heteroatoms. The molecule has 0 bridgehead atoms. The van der Waals surface area contributed by atoms with E-state index in [-0.39, 0.29) is 6.04 Å². The molecule has 0 aliphatic carbocycles. The molecule has 3 nitrogen and oxygen atoms in total. The van der Waals surface area contributed by atoms with Gasteiger partial charge in [0, 0.05) is 28.9 Å². The molecule has 0 aliphatic heterocycles. The second-order valence-corrected chi connectivity index (χ2v) is 4.99. The van der Waals surface area contributed by atoms with Crippen LogP contribution in [0.4, 0.5) is 0 Å². The molecule has 1 heterocycles. The average molecular weight is 291 g/mol. The van der Waals surface area contributed by atoms with Gasteiger partial charge in [-0.3, -0.25) is 0 Å². The third-order valence-electron chi connectivity index (χ3n) is 3.10. The SMILES string of the molecule is CCNC(C)c1ccnc(OCc2ccccc2Cl)c1. The number of halogens is 1. The van der Waals surface area contributed by atoms with Crippen LogP contribution in [-0.4, -0.2) is 11.5 Å². The van der Waals surface area contributed by atoms with Gasteiger partial charge in [0.2, 0.25) is 5.88 Å². The van der Waals surface area contributed by atoms with E-state index in [1.54, 1.807) is 6.20 Å². The van der Waals surface area contributed by atoms with E-state index in [0.29, 0.717) is 17.5 Å². The van der Waals surface area contributed by atoms with Crippen LogP contribution >= 0.6 is 11.6 Å². The van der Waals surface area contributed by atoms with Gasteiger partial charge in [0.1, 0.15) is 6.61 Å². The summed E-state index contributed by atoms with van der Waals surface area (Å²) in [5.41, 5.74) is 2.12. The predicted molar refractivity (Wildman–Crippen MR) is 82.1 cm³/mol. The van der Waals surface area contributed by atoms with Crippen molar-refractivity contribution < 1.29 is 4.74 Å². The number of benzene rings is 1. The molecular formula is C16H19ClN2O. The Morgan fingerprint density at radius 3 is 2.85 bits per heavy atom. The molecule has 20 heavy (non-hydrogen) atoms. The molecule has 0 spiro atoms. The van der Waals surface area contributed by atoms with Gasteiger partial charge >= 0.3 is 0 Å². The zero-order valence-electron chi connectivity index (χ0n) is 11.8. The Balaban J connectivity index is 2.03. The van der Waals surface area contributed by atoms with Gasteiger partial charge in [-0.1, -0.05) is 36.7 Å². The van der Waals surface area contributed by atoms with Crippen molar-refractivity contribution >= 4 is 11.6 Å². The van der Waals surface area contributed by atoms with E-state index in [1.165, 1.54) is 0 Å². The summed E-state index contributed by atoms with van der Waals surface area (Å²) >= 11 is 6.10. The first-order valence-corrected chi connectivity index (χ1v) is 7.14. The fourth-order valence-corrected chi connectivity index (χ4v) is 2.15. The zero-order chi connectivity index (χ0) is 14.4. The summed E-state index contributed by atoms with van der Waals surface area (Å²) < 4.78 is 5.72. The van der Waals surface area contributed by atoms with Gasteiger partial charge in [0.05, 0.1) is 0 Å². The van der Waals surface area contributed by atoms with E-state index >= 15 is 0 Å².